The summed E-state index contributed by atoms with van der Waals surface area (Å²) in [6.07, 6.45) is 9.51. The van der Waals surface area contributed by atoms with Crippen LogP contribution >= 0.6 is 0 Å². The summed E-state index contributed by atoms with van der Waals surface area (Å²) in [4.78, 5) is 9.04. The maximum Gasteiger partial charge on any atom is 0.180 e. The highest BCUT2D eigenvalue weighted by molar-refractivity contribution is 5.65. The molecule has 0 amide bonds. The van der Waals surface area contributed by atoms with E-state index in [-0.39, 0.29) is 0 Å². The number of nitrogens with one attached hydrogen (secondary N) is 2. The standard InChI is InChI=1S/C15H23N5/c1-10-4-5-12(11(2)8-10)18-14-15-17-6-7-20(15)9-13(16-3)19-14/h6-7,9-12,16H,4-5,8H2,1-3H3,(H,18,19). The number of hydrogen-bond donors (Lipinski definition) is 2. The molecule has 2 aromatic heterocycles. The van der Waals surface area contributed by atoms with E-state index in [4.69, 9.17) is 0 Å². The van der Waals surface area contributed by atoms with Crippen LogP contribution in [0.25, 0.3) is 5.65 Å². The van der Waals surface area contributed by atoms with E-state index in [9.17, 15) is 0 Å². The molecule has 2 N–H and O–H groups in total. The van der Waals surface area contributed by atoms with Crippen LogP contribution in [0.15, 0.2) is 18.6 Å². The predicted molar refractivity (Wildman–Crippen MR) is 82.1 cm³/mol. The fourth-order valence-corrected chi connectivity index (χ4v) is 3.20. The summed E-state index contributed by atoms with van der Waals surface area (Å²) in [7, 11) is 1.89. The molecule has 20 heavy (non-hydrogen) atoms. The molecule has 0 saturated heterocycles. The smallest absolute Gasteiger partial charge is 0.180 e. The number of aromatic nitrogens is 3. The SMILES string of the molecule is CNc1cn2ccnc2c(NC2CCC(C)CC2C)n1. The second-order valence-electron chi connectivity index (χ2n) is 6.03. The quantitative estimate of drug-likeness (QED) is 0.902. The van der Waals surface area contributed by atoms with Gasteiger partial charge >= 0.3 is 0 Å². The Bertz CT molecular complexity index is 591. The molecule has 5 heteroatoms. The van der Waals surface area contributed by atoms with Gasteiger partial charge in [-0.1, -0.05) is 13.8 Å². The number of rotatable bonds is 3. The highest BCUT2D eigenvalue weighted by Gasteiger charge is 2.26. The molecule has 3 rings (SSSR count). The Hall–Kier alpha value is -1.78. The number of nitrogens with zero attached hydrogens (tertiary/aromatic N) is 3. The fraction of sp³-hybridized carbons (Fsp3) is 0.600. The summed E-state index contributed by atoms with van der Waals surface area (Å²) in [5.74, 6) is 3.25. The lowest BCUT2D eigenvalue weighted by Gasteiger charge is -2.33. The Morgan fingerprint density at radius 2 is 2.15 bits per heavy atom. The van der Waals surface area contributed by atoms with E-state index in [1.165, 1.54) is 19.3 Å². The van der Waals surface area contributed by atoms with Crippen LogP contribution in [-0.4, -0.2) is 27.5 Å². The highest BCUT2D eigenvalue weighted by atomic mass is 15.1. The van der Waals surface area contributed by atoms with Crippen LogP contribution in [0.1, 0.15) is 33.1 Å². The van der Waals surface area contributed by atoms with Gasteiger partial charge in [-0.15, -0.1) is 0 Å². The minimum atomic E-state index is 0.492. The number of fused-ring (bicyclic) bond motifs is 1. The van der Waals surface area contributed by atoms with Crippen LogP contribution in [0, 0.1) is 11.8 Å². The van der Waals surface area contributed by atoms with Gasteiger partial charge in [0, 0.05) is 25.5 Å². The summed E-state index contributed by atoms with van der Waals surface area (Å²) in [5.41, 5.74) is 0.898. The summed E-state index contributed by atoms with van der Waals surface area (Å²) >= 11 is 0. The average Bonchev–Trinajstić information content (AvgIpc) is 2.90. The van der Waals surface area contributed by atoms with Gasteiger partial charge in [0.1, 0.15) is 5.82 Å². The molecule has 1 aliphatic carbocycles. The molecule has 2 aromatic rings. The van der Waals surface area contributed by atoms with Crippen LogP contribution in [0.5, 0.6) is 0 Å². The van der Waals surface area contributed by atoms with Gasteiger partial charge in [0.05, 0.1) is 6.20 Å². The second-order valence-corrected chi connectivity index (χ2v) is 6.03. The van der Waals surface area contributed by atoms with Gasteiger partial charge in [-0.05, 0) is 31.1 Å². The molecule has 5 nitrogen and oxygen atoms in total. The molecule has 1 saturated carbocycles. The fourth-order valence-electron chi connectivity index (χ4n) is 3.20. The first-order chi connectivity index (χ1) is 9.67. The third-order valence-corrected chi connectivity index (χ3v) is 4.38. The Kier molecular flexibility index (Phi) is 3.51. The molecule has 3 atom stereocenters. The molecule has 0 bridgehead atoms. The zero-order valence-corrected chi connectivity index (χ0v) is 12.4. The largest absolute Gasteiger partial charge is 0.372 e. The van der Waals surface area contributed by atoms with Crippen LogP contribution < -0.4 is 10.6 Å². The van der Waals surface area contributed by atoms with E-state index >= 15 is 0 Å². The van der Waals surface area contributed by atoms with E-state index in [2.05, 4.69) is 34.4 Å². The summed E-state index contributed by atoms with van der Waals surface area (Å²) < 4.78 is 2.01. The third kappa shape index (κ3) is 2.44. The van der Waals surface area contributed by atoms with Crippen molar-refractivity contribution in [1.29, 1.82) is 0 Å². The Morgan fingerprint density at radius 3 is 2.90 bits per heavy atom. The van der Waals surface area contributed by atoms with Crippen LogP contribution in [0.4, 0.5) is 11.6 Å². The van der Waals surface area contributed by atoms with E-state index in [1.807, 2.05) is 30.0 Å². The molecule has 1 fully saturated rings. The van der Waals surface area contributed by atoms with Crippen LogP contribution in [-0.2, 0) is 0 Å². The van der Waals surface area contributed by atoms with E-state index in [0.717, 1.165) is 23.2 Å². The molecule has 1 aliphatic rings. The monoisotopic (exact) mass is 273 g/mol. The van der Waals surface area contributed by atoms with Crippen molar-refractivity contribution in [3.8, 4) is 0 Å². The van der Waals surface area contributed by atoms with Gasteiger partial charge in [-0.3, -0.25) is 0 Å². The van der Waals surface area contributed by atoms with Gasteiger partial charge in [-0.2, -0.15) is 0 Å². The lowest BCUT2D eigenvalue weighted by Crippen LogP contribution is -2.33. The predicted octanol–water partition coefficient (Wildman–Crippen LogP) is 3.01. The van der Waals surface area contributed by atoms with Gasteiger partial charge in [0.2, 0.25) is 0 Å². The molecule has 2 heterocycles. The minimum absolute atomic E-state index is 0.492. The summed E-state index contributed by atoms with van der Waals surface area (Å²) in [6.45, 7) is 4.68. The van der Waals surface area contributed by atoms with Crippen molar-refractivity contribution in [1.82, 2.24) is 14.4 Å². The van der Waals surface area contributed by atoms with Crippen molar-refractivity contribution < 1.29 is 0 Å². The molecule has 0 aromatic carbocycles. The molecule has 0 spiro atoms. The van der Waals surface area contributed by atoms with Gasteiger partial charge in [0.15, 0.2) is 11.5 Å². The van der Waals surface area contributed by atoms with Crippen molar-refractivity contribution in [2.45, 2.75) is 39.2 Å². The van der Waals surface area contributed by atoms with Crippen LogP contribution in [0.2, 0.25) is 0 Å². The van der Waals surface area contributed by atoms with E-state index in [0.29, 0.717) is 12.0 Å². The van der Waals surface area contributed by atoms with E-state index in [1.54, 1.807) is 0 Å². The maximum atomic E-state index is 4.63. The zero-order valence-electron chi connectivity index (χ0n) is 12.4. The van der Waals surface area contributed by atoms with E-state index < -0.39 is 0 Å². The third-order valence-electron chi connectivity index (χ3n) is 4.38. The van der Waals surface area contributed by atoms with Crippen LogP contribution in [0.3, 0.4) is 0 Å². The second kappa shape index (κ2) is 5.31. The van der Waals surface area contributed by atoms with Crippen molar-refractivity contribution in [2.24, 2.45) is 11.8 Å². The molecule has 3 unspecified atom stereocenters. The van der Waals surface area contributed by atoms with Crippen molar-refractivity contribution >= 4 is 17.3 Å². The number of imidazole rings is 1. The van der Waals surface area contributed by atoms with Gasteiger partial charge < -0.3 is 15.0 Å². The first kappa shape index (κ1) is 13.2. The molecule has 0 radical (unpaired) electrons. The van der Waals surface area contributed by atoms with Crippen molar-refractivity contribution in [2.75, 3.05) is 17.7 Å². The average molecular weight is 273 g/mol. The molecule has 0 aliphatic heterocycles. The lowest BCUT2D eigenvalue weighted by molar-refractivity contribution is 0.276. The highest BCUT2D eigenvalue weighted by Crippen LogP contribution is 2.31. The Morgan fingerprint density at radius 1 is 1.30 bits per heavy atom. The summed E-state index contributed by atoms with van der Waals surface area (Å²) in [6, 6.07) is 0.492. The minimum Gasteiger partial charge on any atom is -0.372 e. The Labute approximate surface area is 119 Å². The molecular formula is C15H23N5. The van der Waals surface area contributed by atoms with Crippen molar-refractivity contribution in [3.63, 3.8) is 0 Å². The number of anilines is 2. The first-order valence-corrected chi connectivity index (χ1v) is 7.45. The molecule has 108 valence electrons. The normalized spacial score (nSPS) is 26.6. The van der Waals surface area contributed by atoms with Gasteiger partial charge in [0.25, 0.3) is 0 Å². The Balaban J connectivity index is 1.88. The zero-order chi connectivity index (χ0) is 14.1. The van der Waals surface area contributed by atoms with Crippen molar-refractivity contribution in [3.05, 3.63) is 18.6 Å². The first-order valence-electron chi connectivity index (χ1n) is 7.45. The maximum absolute atomic E-state index is 4.63. The van der Waals surface area contributed by atoms with Gasteiger partial charge in [-0.25, -0.2) is 9.97 Å². The lowest BCUT2D eigenvalue weighted by atomic mass is 9.80. The topological polar surface area (TPSA) is 54.2 Å². The summed E-state index contributed by atoms with van der Waals surface area (Å²) in [5, 5.41) is 6.73. The number of hydrogen-bond acceptors (Lipinski definition) is 4. The molecular weight excluding hydrogens is 250 g/mol.